The molecular formula is C27H24FN3O4S. The number of nitrogens with zero attached hydrogens (tertiary/aromatic N) is 3. The first-order valence-electron chi connectivity index (χ1n) is 11.2. The number of rotatable bonds is 9. The first-order valence-corrected chi connectivity index (χ1v) is 12.0. The lowest BCUT2D eigenvalue weighted by Gasteiger charge is -2.21. The summed E-state index contributed by atoms with van der Waals surface area (Å²) in [7, 11) is 3.02. The summed E-state index contributed by atoms with van der Waals surface area (Å²) in [5.74, 6) is -1.87. The minimum Gasteiger partial charge on any atom is -0.481 e. The fourth-order valence-corrected chi connectivity index (χ4v) is 4.70. The molecule has 4 rings (SSSR count). The quantitative estimate of drug-likeness (QED) is 0.331. The van der Waals surface area contributed by atoms with E-state index in [0.717, 1.165) is 28.0 Å². The lowest BCUT2D eigenvalue weighted by atomic mass is 9.95. The van der Waals surface area contributed by atoms with Gasteiger partial charge in [0.2, 0.25) is 16.9 Å². The zero-order valence-electron chi connectivity index (χ0n) is 19.7. The number of aromatic nitrogens is 2. The zero-order valence-corrected chi connectivity index (χ0v) is 20.5. The van der Waals surface area contributed by atoms with Gasteiger partial charge in [0.05, 0.1) is 19.4 Å². The molecule has 2 aromatic carbocycles. The van der Waals surface area contributed by atoms with E-state index in [1.165, 1.54) is 19.1 Å². The van der Waals surface area contributed by atoms with E-state index in [-0.39, 0.29) is 23.7 Å². The van der Waals surface area contributed by atoms with Crippen LogP contribution in [0.4, 0.5) is 9.52 Å². The summed E-state index contributed by atoms with van der Waals surface area (Å²) in [6, 6.07) is 20.0. The maximum Gasteiger partial charge on any atom is 0.304 e. The summed E-state index contributed by atoms with van der Waals surface area (Å²) in [5, 5.41) is 8.98. The Morgan fingerprint density at radius 2 is 1.75 bits per heavy atom. The Kier molecular flexibility index (Phi) is 7.70. The van der Waals surface area contributed by atoms with Crippen LogP contribution < -0.4 is 9.64 Å². The van der Waals surface area contributed by atoms with Crippen LogP contribution in [0.5, 0.6) is 5.88 Å². The number of halogens is 1. The second-order valence-corrected chi connectivity index (χ2v) is 9.06. The number of hydrogen-bond acceptors (Lipinski definition) is 6. The largest absolute Gasteiger partial charge is 0.481 e. The molecule has 1 unspecified atom stereocenters. The van der Waals surface area contributed by atoms with Gasteiger partial charge in [-0.25, -0.2) is 9.97 Å². The lowest BCUT2D eigenvalue weighted by Crippen LogP contribution is -2.35. The van der Waals surface area contributed by atoms with E-state index in [1.807, 2.05) is 48.5 Å². The van der Waals surface area contributed by atoms with Gasteiger partial charge in [0.25, 0.3) is 0 Å². The van der Waals surface area contributed by atoms with Crippen molar-refractivity contribution in [3.05, 3.63) is 83.6 Å². The van der Waals surface area contributed by atoms with E-state index in [1.54, 1.807) is 24.4 Å². The average molecular weight is 506 g/mol. The summed E-state index contributed by atoms with van der Waals surface area (Å²) in [6.07, 6.45) is 1.55. The van der Waals surface area contributed by atoms with Gasteiger partial charge in [-0.1, -0.05) is 65.9 Å². The van der Waals surface area contributed by atoms with Gasteiger partial charge >= 0.3 is 5.97 Å². The topological polar surface area (TPSA) is 92.6 Å². The lowest BCUT2D eigenvalue weighted by molar-refractivity contribution is -0.140. The number of ether oxygens (including phenoxy) is 1. The van der Waals surface area contributed by atoms with Crippen LogP contribution in [0.25, 0.3) is 22.4 Å². The number of carbonyl (C=O) groups is 2. The fraction of sp³-hybridized carbons (Fsp3) is 0.185. The van der Waals surface area contributed by atoms with E-state index in [4.69, 9.17) is 4.74 Å². The molecule has 7 nitrogen and oxygen atoms in total. The van der Waals surface area contributed by atoms with Crippen molar-refractivity contribution in [1.82, 2.24) is 9.97 Å². The molecule has 1 atom stereocenters. The SMILES string of the molecule is COc1ccc(-c2ccccc2-c2nc(N(C)C(=O)C(CC(=O)O)Cc3ccccc3)sc2F)cn1. The molecule has 1 amide bonds. The van der Waals surface area contributed by atoms with Gasteiger partial charge in [0, 0.05) is 30.4 Å². The van der Waals surface area contributed by atoms with Gasteiger partial charge < -0.3 is 9.84 Å². The number of pyridine rings is 1. The third-order valence-electron chi connectivity index (χ3n) is 5.73. The molecule has 0 saturated carbocycles. The summed E-state index contributed by atoms with van der Waals surface area (Å²) >= 11 is 0.742. The minimum atomic E-state index is -1.08. The van der Waals surface area contributed by atoms with E-state index < -0.39 is 22.9 Å². The number of carbonyl (C=O) groups excluding carboxylic acids is 1. The Bertz CT molecular complexity index is 1360. The highest BCUT2D eigenvalue weighted by molar-refractivity contribution is 7.14. The first kappa shape index (κ1) is 25.0. The standard InChI is InChI=1S/C27H24FN3O4S/c1-31(26(34)19(15-23(32)33)14-17-8-4-3-5-9-17)27-30-24(25(28)36-27)21-11-7-6-10-20(21)18-12-13-22(35-2)29-16-18/h3-13,16,19H,14-15H2,1-2H3,(H,32,33). The number of methoxy groups -OCH3 is 1. The van der Waals surface area contributed by atoms with Crippen LogP contribution >= 0.6 is 11.3 Å². The molecule has 36 heavy (non-hydrogen) atoms. The van der Waals surface area contributed by atoms with Crippen LogP contribution in [0, 0.1) is 11.0 Å². The fourth-order valence-electron chi connectivity index (χ4n) is 3.93. The van der Waals surface area contributed by atoms with E-state index in [9.17, 15) is 14.7 Å². The zero-order chi connectivity index (χ0) is 25.7. The molecular weight excluding hydrogens is 481 g/mol. The number of carboxylic acids is 1. The maximum absolute atomic E-state index is 15.2. The maximum atomic E-state index is 15.2. The summed E-state index contributed by atoms with van der Waals surface area (Å²) in [5.41, 5.74) is 2.99. The average Bonchev–Trinajstić information content (AvgIpc) is 3.29. The number of carboxylic acid groups (broad SMARTS) is 1. The van der Waals surface area contributed by atoms with E-state index in [0.29, 0.717) is 11.4 Å². The number of benzene rings is 2. The molecule has 0 bridgehead atoms. The molecule has 0 fully saturated rings. The van der Waals surface area contributed by atoms with Crippen LogP contribution in [-0.4, -0.2) is 41.1 Å². The number of amides is 1. The first-order chi connectivity index (χ1) is 17.4. The molecule has 0 aliphatic heterocycles. The van der Waals surface area contributed by atoms with Gasteiger partial charge in [0.15, 0.2) is 5.13 Å². The van der Waals surface area contributed by atoms with Crippen molar-refractivity contribution in [2.75, 3.05) is 19.1 Å². The molecule has 4 aromatic rings. The molecule has 0 aliphatic rings. The van der Waals surface area contributed by atoms with Crippen LogP contribution in [0.1, 0.15) is 12.0 Å². The molecule has 0 aliphatic carbocycles. The van der Waals surface area contributed by atoms with E-state index >= 15 is 4.39 Å². The van der Waals surface area contributed by atoms with Gasteiger partial charge in [-0.3, -0.25) is 14.5 Å². The molecule has 1 N–H and O–H groups in total. The van der Waals surface area contributed by atoms with Crippen LogP contribution in [0.2, 0.25) is 0 Å². The number of thiazole rings is 1. The van der Waals surface area contributed by atoms with Gasteiger partial charge in [-0.05, 0) is 23.6 Å². The number of aliphatic carboxylic acids is 1. The Morgan fingerprint density at radius 1 is 1.06 bits per heavy atom. The highest BCUT2D eigenvalue weighted by atomic mass is 32.1. The normalized spacial score (nSPS) is 11.6. The van der Waals surface area contributed by atoms with Crippen LogP contribution in [-0.2, 0) is 16.0 Å². The third-order valence-corrected chi connectivity index (χ3v) is 6.65. The second-order valence-electron chi connectivity index (χ2n) is 8.14. The molecule has 0 spiro atoms. The van der Waals surface area contributed by atoms with Crippen molar-refractivity contribution in [3.8, 4) is 28.3 Å². The van der Waals surface area contributed by atoms with Gasteiger partial charge in [-0.15, -0.1) is 0 Å². The van der Waals surface area contributed by atoms with Crippen molar-refractivity contribution in [3.63, 3.8) is 0 Å². The third kappa shape index (κ3) is 5.58. The molecule has 2 aromatic heterocycles. The minimum absolute atomic E-state index is 0.110. The Hall–Kier alpha value is -4.11. The second kappa shape index (κ2) is 11.1. The number of anilines is 1. The highest BCUT2D eigenvalue weighted by Crippen LogP contribution is 2.37. The molecule has 9 heteroatoms. The van der Waals surface area contributed by atoms with Crippen molar-refractivity contribution in [2.24, 2.45) is 5.92 Å². The molecule has 0 radical (unpaired) electrons. The predicted molar refractivity (Wildman–Crippen MR) is 137 cm³/mol. The van der Waals surface area contributed by atoms with Gasteiger partial charge in [-0.2, -0.15) is 4.39 Å². The van der Waals surface area contributed by atoms with Crippen LogP contribution in [0.3, 0.4) is 0 Å². The van der Waals surface area contributed by atoms with Crippen molar-refractivity contribution < 1.29 is 23.8 Å². The van der Waals surface area contributed by atoms with Crippen molar-refractivity contribution in [1.29, 1.82) is 0 Å². The van der Waals surface area contributed by atoms with Crippen LogP contribution in [0.15, 0.2) is 72.9 Å². The summed E-state index contributed by atoms with van der Waals surface area (Å²) in [4.78, 5) is 34.7. The van der Waals surface area contributed by atoms with E-state index in [2.05, 4.69) is 9.97 Å². The number of hydrogen-bond donors (Lipinski definition) is 1. The van der Waals surface area contributed by atoms with Crippen molar-refractivity contribution >= 4 is 28.3 Å². The summed E-state index contributed by atoms with van der Waals surface area (Å²) in [6.45, 7) is 0. The molecule has 2 heterocycles. The molecule has 0 saturated heterocycles. The smallest absolute Gasteiger partial charge is 0.304 e. The van der Waals surface area contributed by atoms with Crippen molar-refractivity contribution in [2.45, 2.75) is 12.8 Å². The molecule has 184 valence electrons. The monoisotopic (exact) mass is 505 g/mol. The highest BCUT2D eigenvalue weighted by Gasteiger charge is 2.29. The van der Waals surface area contributed by atoms with Gasteiger partial charge in [0.1, 0.15) is 5.69 Å². The Morgan fingerprint density at radius 3 is 2.39 bits per heavy atom. The predicted octanol–water partition coefficient (Wildman–Crippen LogP) is 5.32. The Balaban J connectivity index is 1.64. The summed E-state index contributed by atoms with van der Waals surface area (Å²) < 4.78 is 20.3. The Labute approximate surface area is 211 Å².